The Balaban J connectivity index is 4.66. The molecule has 0 aromatic rings. The van der Waals surface area contributed by atoms with Gasteiger partial charge in [-0.2, -0.15) is 0 Å². The van der Waals surface area contributed by atoms with Gasteiger partial charge in [0.1, 0.15) is 19.1 Å². The molecular weight excluding hydrogens is 230 g/mol. The van der Waals surface area contributed by atoms with Crippen molar-refractivity contribution in [1.29, 1.82) is 0 Å². The van der Waals surface area contributed by atoms with Crippen LogP contribution in [0.1, 0.15) is 13.8 Å². The Bertz CT molecular complexity index is 326. The first kappa shape index (κ1) is 14.9. The number of aliphatic carboxylic acids is 1. The van der Waals surface area contributed by atoms with Gasteiger partial charge in [-0.25, -0.2) is 0 Å². The van der Waals surface area contributed by atoms with Gasteiger partial charge < -0.3 is 21.1 Å². The van der Waals surface area contributed by atoms with E-state index in [1.165, 1.54) is 13.8 Å². The maximum atomic E-state index is 11.7. The van der Waals surface area contributed by atoms with E-state index in [1.54, 1.807) is 0 Å². The van der Waals surface area contributed by atoms with Crippen LogP contribution in [0.4, 0.5) is 0 Å². The minimum atomic E-state index is -1.27. The van der Waals surface area contributed by atoms with Crippen LogP contribution in [0, 0.1) is 0 Å². The average molecular weight is 245 g/mol. The van der Waals surface area contributed by atoms with Gasteiger partial charge in [0.25, 0.3) is 0 Å². The second kappa shape index (κ2) is 6.46. The van der Waals surface area contributed by atoms with Crippen molar-refractivity contribution in [1.82, 2.24) is 10.2 Å². The Kier molecular flexibility index (Phi) is 5.65. The van der Waals surface area contributed by atoms with Gasteiger partial charge in [-0.3, -0.25) is 19.2 Å². The maximum Gasteiger partial charge on any atom is 0.323 e. The minimum Gasteiger partial charge on any atom is -0.480 e. The third kappa shape index (κ3) is 6.13. The van der Waals surface area contributed by atoms with Gasteiger partial charge in [0.2, 0.25) is 17.7 Å². The number of nitrogens with two attached hydrogens (primary N) is 1. The SMILES string of the molecule is CC(=O)NC(C)C(=O)N(CC(N)=O)CC(=O)O. The topological polar surface area (TPSA) is 130 Å². The van der Waals surface area contributed by atoms with Crippen molar-refractivity contribution < 1.29 is 24.3 Å². The molecule has 0 saturated carbocycles. The van der Waals surface area contributed by atoms with Crippen molar-refractivity contribution in [3.05, 3.63) is 0 Å². The smallest absolute Gasteiger partial charge is 0.323 e. The molecule has 1 unspecified atom stereocenters. The molecule has 0 spiro atoms. The third-order valence-electron chi connectivity index (χ3n) is 1.77. The number of nitrogens with one attached hydrogen (secondary N) is 1. The first-order valence-corrected chi connectivity index (χ1v) is 4.80. The zero-order valence-electron chi connectivity index (χ0n) is 9.60. The van der Waals surface area contributed by atoms with E-state index in [2.05, 4.69) is 5.32 Å². The van der Waals surface area contributed by atoms with Crippen LogP contribution >= 0.6 is 0 Å². The first-order chi connectivity index (χ1) is 7.73. The van der Waals surface area contributed by atoms with E-state index in [9.17, 15) is 19.2 Å². The molecule has 96 valence electrons. The number of carboxylic acid groups (broad SMARTS) is 1. The van der Waals surface area contributed by atoms with Crippen LogP contribution in [0.5, 0.6) is 0 Å². The molecule has 0 saturated heterocycles. The van der Waals surface area contributed by atoms with E-state index in [0.29, 0.717) is 0 Å². The zero-order chi connectivity index (χ0) is 13.6. The Labute approximate surface area is 97.7 Å². The molecule has 0 rings (SSSR count). The minimum absolute atomic E-state index is 0.430. The molecule has 0 fully saturated rings. The summed E-state index contributed by atoms with van der Waals surface area (Å²) in [7, 11) is 0. The number of amides is 3. The number of carboxylic acids is 1. The number of nitrogens with zero attached hydrogens (tertiary/aromatic N) is 1. The molecule has 0 bridgehead atoms. The van der Waals surface area contributed by atoms with Crippen LogP contribution in [0.15, 0.2) is 0 Å². The fourth-order valence-electron chi connectivity index (χ4n) is 1.20. The maximum absolute atomic E-state index is 11.7. The van der Waals surface area contributed by atoms with E-state index in [4.69, 9.17) is 10.8 Å². The highest BCUT2D eigenvalue weighted by Gasteiger charge is 2.24. The van der Waals surface area contributed by atoms with Crippen LogP contribution in [-0.2, 0) is 19.2 Å². The molecule has 4 N–H and O–H groups in total. The van der Waals surface area contributed by atoms with Gasteiger partial charge in [-0.15, -0.1) is 0 Å². The Morgan fingerprint density at radius 3 is 2.18 bits per heavy atom. The molecule has 0 heterocycles. The van der Waals surface area contributed by atoms with Crippen molar-refractivity contribution >= 4 is 23.7 Å². The number of hydrogen-bond donors (Lipinski definition) is 3. The van der Waals surface area contributed by atoms with Crippen LogP contribution in [0.25, 0.3) is 0 Å². The molecule has 0 aromatic heterocycles. The van der Waals surface area contributed by atoms with Crippen molar-refractivity contribution in [2.24, 2.45) is 5.73 Å². The second-order valence-electron chi connectivity index (χ2n) is 3.48. The van der Waals surface area contributed by atoms with E-state index in [1.807, 2.05) is 0 Å². The highest BCUT2D eigenvalue weighted by atomic mass is 16.4. The fraction of sp³-hybridized carbons (Fsp3) is 0.556. The monoisotopic (exact) mass is 245 g/mol. The van der Waals surface area contributed by atoms with E-state index in [-0.39, 0.29) is 0 Å². The molecule has 8 nitrogen and oxygen atoms in total. The van der Waals surface area contributed by atoms with Crippen molar-refractivity contribution in [3.8, 4) is 0 Å². The summed E-state index contributed by atoms with van der Waals surface area (Å²) in [6.45, 7) is 1.46. The van der Waals surface area contributed by atoms with Gasteiger partial charge >= 0.3 is 5.97 Å². The number of carbonyl (C=O) groups is 4. The highest BCUT2D eigenvalue weighted by molar-refractivity contribution is 5.91. The molecule has 1 atom stereocenters. The van der Waals surface area contributed by atoms with Gasteiger partial charge in [0.15, 0.2) is 0 Å². The van der Waals surface area contributed by atoms with Gasteiger partial charge in [0, 0.05) is 6.92 Å². The molecule has 0 aliphatic carbocycles. The molecule has 0 radical (unpaired) electrons. The molecule has 8 heteroatoms. The number of rotatable bonds is 6. The van der Waals surface area contributed by atoms with Crippen LogP contribution < -0.4 is 11.1 Å². The second-order valence-corrected chi connectivity index (χ2v) is 3.48. The number of carbonyl (C=O) groups excluding carboxylic acids is 3. The summed E-state index contributed by atoms with van der Waals surface area (Å²) in [6.07, 6.45) is 0. The summed E-state index contributed by atoms with van der Waals surface area (Å²) in [5, 5.41) is 10.9. The summed E-state index contributed by atoms with van der Waals surface area (Å²) >= 11 is 0. The standard InChI is InChI=1S/C9H15N3O5/c1-5(11-6(2)13)9(17)12(3-7(10)14)4-8(15)16/h5H,3-4H2,1-2H3,(H2,10,14)(H,11,13)(H,15,16). The van der Waals surface area contributed by atoms with Gasteiger partial charge in [-0.1, -0.05) is 0 Å². The fourth-order valence-corrected chi connectivity index (χ4v) is 1.20. The summed E-state index contributed by atoms with van der Waals surface area (Å²) < 4.78 is 0. The molecule has 0 aliphatic heterocycles. The third-order valence-corrected chi connectivity index (χ3v) is 1.77. The van der Waals surface area contributed by atoms with Crippen LogP contribution in [0.2, 0.25) is 0 Å². The predicted octanol–water partition coefficient (Wildman–Crippen LogP) is -2.09. The lowest BCUT2D eigenvalue weighted by molar-refractivity contribution is -0.146. The van der Waals surface area contributed by atoms with Crippen molar-refractivity contribution in [3.63, 3.8) is 0 Å². The van der Waals surface area contributed by atoms with Gasteiger partial charge in [0.05, 0.1) is 0 Å². The lowest BCUT2D eigenvalue weighted by atomic mass is 10.2. The Morgan fingerprint density at radius 1 is 1.29 bits per heavy atom. The quantitative estimate of drug-likeness (QED) is 0.494. The van der Waals surface area contributed by atoms with E-state index < -0.39 is 42.8 Å². The Hall–Kier alpha value is -2.12. The summed E-state index contributed by atoms with van der Waals surface area (Å²) in [4.78, 5) is 44.4. The molecule has 3 amide bonds. The van der Waals surface area contributed by atoms with Crippen LogP contribution in [-0.4, -0.2) is 52.8 Å². The predicted molar refractivity (Wildman–Crippen MR) is 56.7 cm³/mol. The van der Waals surface area contributed by atoms with Crippen LogP contribution in [0.3, 0.4) is 0 Å². The lowest BCUT2D eigenvalue weighted by Crippen LogP contribution is -2.50. The van der Waals surface area contributed by atoms with E-state index in [0.717, 1.165) is 4.90 Å². The summed E-state index contributed by atoms with van der Waals surface area (Å²) in [6, 6.07) is -0.911. The zero-order valence-corrected chi connectivity index (χ0v) is 9.60. The molecule has 0 aliphatic rings. The number of hydrogen-bond acceptors (Lipinski definition) is 4. The first-order valence-electron chi connectivity index (χ1n) is 4.80. The number of primary amides is 1. The Morgan fingerprint density at radius 2 is 1.82 bits per heavy atom. The van der Waals surface area contributed by atoms with E-state index >= 15 is 0 Å². The summed E-state index contributed by atoms with van der Waals surface area (Å²) in [5.74, 6) is -3.20. The normalized spacial score (nSPS) is 11.4. The highest BCUT2D eigenvalue weighted by Crippen LogP contribution is 1.95. The van der Waals surface area contributed by atoms with Gasteiger partial charge in [-0.05, 0) is 6.92 Å². The largest absolute Gasteiger partial charge is 0.480 e. The molecule has 17 heavy (non-hydrogen) atoms. The average Bonchev–Trinajstić information content (AvgIpc) is 2.12. The molecular formula is C9H15N3O5. The molecule has 0 aromatic carbocycles. The van der Waals surface area contributed by atoms with Crippen molar-refractivity contribution in [2.45, 2.75) is 19.9 Å². The lowest BCUT2D eigenvalue weighted by Gasteiger charge is -2.23. The summed E-state index contributed by atoms with van der Waals surface area (Å²) in [5.41, 5.74) is 4.90. The van der Waals surface area contributed by atoms with Crippen molar-refractivity contribution in [2.75, 3.05) is 13.1 Å².